The highest BCUT2D eigenvalue weighted by atomic mass is 32.2. The highest BCUT2D eigenvalue weighted by Crippen LogP contribution is 2.50. The number of imide groups is 1. The van der Waals surface area contributed by atoms with Gasteiger partial charge in [0.1, 0.15) is 23.7 Å². The Balaban J connectivity index is 1.63. The number of anilines is 1. The van der Waals surface area contributed by atoms with Crippen molar-refractivity contribution in [3.63, 3.8) is 0 Å². The average Bonchev–Trinajstić information content (AvgIpc) is 3.43. The Kier molecular flexibility index (Phi) is 4.47. The van der Waals surface area contributed by atoms with Gasteiger partial charge in [0.15, 0.2) is 0 Å². The van der Waals surface area contributed by atoms with E-state index in [4.69, 9.17) is 0 Å². The number of benzene rings is 1. The molecule has 3 N–H and O–H groups in total. The number of thioether (sulfide) groups is 1. The van der Waals surface area contributed by atoms with Crippen molar-refractivity contribution in [1.29, 1.82) is 0 Å². The Labute approximate surface area is 173 Å². The van der Waals surface area contributed by atoms with Gasteiger partial charge in [-0.05, 0) is 43.0 Å². The van der Waals surface area contributed by atoms with E-state index in [9.17, 15) is 18.8 Å². The van der Waals surface area contributed by atoms with Gasteiger partial charge in [-0.1, -0.05) is 12.8 Å². The van der Waals surface area contributed by atoms with Gasteiger partial charge in [-0.2, -0.15) is 11.8 Å². The standard InChI is InChI=1S/C21H24FN3O3S/c1-29-9-8-15-16-17(19(27)25(18(16)26)12-4-2-3-5-12)21(24-15)13-10-11(22)6-7-14(13)23-20(21)28/h6-7,10,12,15-17,24H,2-5,8-9H2,1H3,(H,23,28)/p+1/t15-,16-,17+,21-/m1/s1. The first kappa shape index (κ1) is 19.1. The van der Waals surface area contributed by atoms with E-state index >= 15 is 0 Å². The fourth-order valence-electron chi connectivity index (χ4n) is 6.00. The summed E-state index contributed by atoms with van der Waals surface area (Å²) >= 11 is 1.68. The molecule has 3 heterocycles. The molecule has 1 spiro atoms. The quantitative estimate of drug-likeness (QED) is 0.721. The second-order valence-electron chi connectivity index (χ2n) is 8.61. The maximum atomic E-state index is 14.1. The lowest BCUT2D eigenvalue weighted by atomic mass is 9.76. The van der Waals surface area contributed by atoms with Gasteiger partial charge < -0.3 is 10.6 Å². The van der Waals surface area contributed by atoms with Crippen LogP contribution in [0.25, 0.3) is 0 Å². The number of quaternary nitrogens is 1. The summed E-state index contributed by atoms with van der Waals surface area (Å²) < 4.78 is 14.1. The SMILES string of the molecule is CSCC[C@H]1[NH2+][C@@]2(C(=O)Nc3ccc(F)cc32)[C@@H]2C(=O)N(C3CCCC3)C(=O)[C@@H]21. The number of nitrogens with two attached hydrogens (primary N) is 1. The fourth-order valence-corrected chi connectivity index (χ4v) is 6.51. The smallest absolute Gasteiger partial charge is 0.291 e. The molecular formula is C21H25FN3O3S+. The molecule has 3 aliphatic heterocycles. The number of nitrogens with one attached hydrogen (secondary N) is 1. The van der Waals surface area contributed by atoms with Crippen molar-refractivity contribution in [3.8, 4) is 0 Å². The van der Waals surface area contributed by atoms with Crippen LogP contribution in [0, 0.1) is 17.7 Å². The van der Waals surface area contributed by atoms with Crippen LogP contribution >= 0.6 is 11.8 Å². The van der Waals surface area contributed by atoms with Crippen LogP contribution in [0.2, 0.25) is 0 Å². The topological polar surface area (TPSA) is 83.1 Å². The minimum Gasteiger partial charge on any atom is -0.326 e. The van der Waals surface area contributed by atoms with Crippen molar-refractivity contribution < 1.29 is 24.1 Å². The fraction of sp³-hybridized carbons (Fsp3) is 0.571. The zero-order chi connectivity index (χ0) is 20.3. The molecule has 1 aliphatic carbocycles. The summed E-state index contributed by atoms with van der Waals surface area (Å²) in [5.74, 6) is -1.61. The molecule has 8 heteroatoms. The summed E-state index contributed by atoms with van der Waals surface area (Å²) in [5.41, 5.74) is -0.222. The average molecular weight is 419 g/mol. The van der Waals surface area contributed by atoms with E-state index < -0.39 is 23.2 Å². The van der Waals surface area contributed by atoms with Crippen molar-refractivity contribution in [3.05, 3.63) is 29.6 Å². The zero-order valence-corrected chi connectivity index (χ0v) is 17.1. The van der Waals surface area contributed by atoms with Crippen LogP contribution < -0.4 is 10.6 Å². The molecule has 0 radical (unpaired) electrons. The van der Waals surface area contributed by atoms with E-state index in [1.54, 1.807) is 17.8 Å². The lowest BCUT2D eigenvalue weighted by molar-refractivity contribution is -0.733. The lowest BCUT2D eigenvalue weighted by Crippen LogP contribution is -2.99. The molecule has 0 aromatic heterocycles. The maximum absolute atomic E-state index is 14.1. The van der Waals surface area contributed by atoms with Gasteiger partial charge >= 0.3 is 0 Å². The molecule has 4 aliphatic rings. The zero-order valence-electron chi connectivity index (χ0n) is 16.3. The molecule has 6 nitrogen and oxygen atoms in total. The van der Waals surface area contributed by atoms with E-state index in [2.05, 4.69) is 5.32 Å². The number of carbonyl (C=O) groups excluding carboxylic acids is 3. The van der Waals surface area contributed by atoms with E-state index in [1.807, 2.05) is 11.6 Å². The van der Waals surface area contributed by atoms with Crippen LogP contribution in [0.15, 0.2) is 18.2 Å². The number of amides is 3. The minimum atomic E-state index is -1.26. The van der Waals surface area contributed by atoms with Gasteiger partial charge in [0.05, 0.1) is 5.69 Å². The lowest BCUT2D eigenvalue weighted by Gasteiger charge is -2.28. The molecular weight excluding hydrogens is 393 g/mol. The number of likely N-dealkylation sites (tertiary alicyclic amines) is 1. The highest BCUT2D eigenvalue weighted by Gasteiger charge is 2.74. The molecule has 3 amide bonds. The third kappa shape index (κ3) is 2.54. The number of nitrogens with zero attached hydrogens (tertiary/aromatic N) is 1. The van der Waals surface area contributed by atoms with E-state index in [0.29, 0.717) is 11.3 Å². The largest absolute Gasteiger partial charge is 0.326 e. The number of carbonyl (C=O) groups is 3. The molecule has 0 unspecified atom stereocenters. The number of halogens is 1. The predicted molar refractivity (Wildman–Crippen MR) is 107 cm³/mol. The third-order valence-corrected chi connectivity index (χ3v) is 7.85. The summed E-state index contributed by atoms with van der Waals surface area (Å²) in [6.45, 7) is 0. The van der Waals surface area contributed by atoms with Crippen LogP contribution in [-0.4, -0.2) is 46.7 Å². The first-order valence-electron chi connectivity index (χ1n) is 10.3. The molecule has 4 atom stereocenters. The number of hydrogen-bond acceptors (Lipinski definition) is 4. The van der Waals surface area contributed by atoms with Crippen LogP contribution in [0.3, 0.4) is 0 Å². The Bertz CT molecular complexity index is 903. The number of fused-ring (bicyclic) bond motifs is 4. The van der Waals surface area contributed by atoms with Crippen molar-refractivity contribution >= 4 is 35.2 Å². The van der Waals surface area contributed by atoms with Crippen molar-refractivity contribution in [2.75, 3.05) is 17.3 Å². The van der Waals surface area contributed by atoms with Crippen molar-refractivity contribution in [2.24, 2.45) is 11.8 Å². The molecule has 1 aromatic rings. The molecule has 1 saturated carbocycles. The number of hydrogen-bond donors (Lipinski definition) is 2. The van der Waals surface area contributed by atoms with E-state index in [-0.39, 0.29) is 29.8 Å². The second kappa shape index (κ2) is 6.80. The van der Waals surface area contributed by atoms with Crippen molar-refractivity contribution in [2.45, 2.75) is 49.7 Å². The van der Waals surface area contributed by atoms with E-state index in [0.717, 1.165) is 37.9 Å². The molecule has 5 rings (SSSR count). The van der Waals surface area contributed by atoms with Gasteiger partial charge in [-0.25, -0.2) is 4.39 Å². The van der Waals surface area contributed by atoms with Gasteiger partial charge in [-0.15, -0.1) is 0 Å². The number of rotatable bonds is 4. The van der Waals surface area contributed by atoms with Gasteiger partial charge in [0, 0.05) is 18.0 Å². The molecule has 29 heavy (non-hydrogen) atoms. The molecule has 154 valence electrons. The Morgan fingerprint density at radius 3 is 2.72 bits per heavy atom. The summed E-state index contributed by atoms with van der Waals surface area (Å²) in [6, 6.07) is 3.98. The van der Waals surface area contributed by atoms with Gasteiger partial charge in [-0.3, -0.25) is 19.3 Å². The molecule has 2 saturated heterocycles. The maximum Gasteiger partial charge on any atom is 0.291 e. The van der Waals surface area contributed by atoms with E-state index in [1.165, 1.54) is 17.0 Å². The Morgan fingerprint density at radius 1 is 1.24 bits per heavy atom. The van der Waals surface area contributed by atoms with Crippen LogP contribution in [-0.2, 0) is 19.9 Å². The minimum absolute atomic E-state index is 0.0599. The first-order chi connectivity index (χ1) is 14.0. The summed E-state index contributed by atoms with van der Waals surface area (Å²) in [5, 5.41) is 4.73. The molecule has 1 aromatic carbocycles. The summed E-state index contributed by atoms with van der Waals surface area (Å²) in [4.78, 5) is 41.8. The van der Waals surface area contributed by atoms with Crippen LogP contribution in [0.1, 0.15) is 37.7 Å². The Morgan fingerprint density at radius 2 is 2.00 bits per heavy atom. The van der Waals surface area contributed by atoms with Gasteiger partial charge in [0.2, 0.25) is 17.4 Å². The summed E-state index contributed by atoms with van der Waals surface area (Å²) in [7, 11) is 0. The first-order valence-corrected chi connectivity index (χ1v) is 11.7. The molecule has 3 fully saturated rings. The second-order valence-corrected chi connectivity index (χ2v) is 9.60. The normalized spacial score (nSPS) is 33.7. The monoisotopic (exact) mass is 418 g/mol. The predicted octanol–water partition coefficient (Wildman–Crippen LogP) is 1.22. The van der Waals surface area contributed by atoms with Gasteiger partial charge in [0.25, 0.3) is 5.91 Å². The Hall–Kier alpha value is -1.93. The third-order valence-electron chi connectivity index (χ3n) is 7.21. The van der Waals surface area contributed by atoms with Crippen LogP contribution in [0.5, 0.6) is 0 Å². The van der Waals surface area contributed by atoms with Crippen molar-refractivity contribution in [1.82, 2.24) is 4.90 Å². The summed E-state index contributed by atoms with van der Waals surface area (Å²) in [6.07, 6.45) is 6.42. The highest BCUT2D eigenvalue weighted by molar-refractivity contribution is 7.98. The van der Waals surface area contributed by atoms with Crippen LogP contribution in [0.4, 0.5) is 10.1 Å². The molecule has 0 bridgehead atoms.